The molecular formula is C45H67NO11Si. The maximum atomic E-state index is 14.2. The minimum atomic E-state index is -2.15. The highest BCUT2D eigenvalue weighted by Crippen LogP contribution is 2.38. The topological polar surface area (TPSA) is 120 Å². The first-order valence-electron chi connectivity index (χ1n) is 20.1. The molecule has 2 aromatic carbocycles. The molecule has 5 atom stereocenters. The Bertz CT molecular complexity index is 1740. The van der Waals surface area contributed by atoms with E-state index in [0.717, 1.165) is 11.3 Å². The molecule has 0 radical (unpaired) electrons. The first-order chi connectivity index (χ1) is 27.0. The van der Waals surface area contributed by atoms with E-state index in [-0.39, 0.29) is 42.2 Å². The number of carbonyl (C=O) groups excluding carboxylic acids is 2. The molecule has 0 aliphatic carbocycles. The largest absolute Gasteiger partial charge is 0.497 e. The molecule has 4 rings (SSSR count). The van der Waals surface area contributed by atoms with Crippen molar-refractivity contribution in [3.63, 3.8) is 0 Å². The van der Waals surface area contributed by atoms with Gasteiger partial charge in [0.25, 0.3) is 0 Å². The van der Waals surface area contributed by atoms with Crippen LogP contribution in [0.4, 0.5) is 10.5 Å². The highest BCUT2D eigenvalue weighted by Gasteiger charge is 2.45. The molecule has 2 heterocycles. The number of nitrogens with zero attached hydrogens (tertiary/aromatic N) is 1. The monoisotopic (exact) mass is 825 g/mol. The summed E-state index contributed by atoms with van der Waals surface area (Å²) in [6.07, 6.45) is 5.68. The van der Waals surface area contributed by atoms with Gasteiger partial charge in [-0.05, 0) is 95.4 Å². The molecule has 13 heteroatoms. The summed E-state index contributed by atoms with van der Waals surface area (Å²) in [7, 11) is 0.981. The van der Waals surface area contributed by atoms with Crippen molar-refractivity contribution in [1.29, 1.82) is 0 Å². The van der Waals surface area contributed by atoms with Gasteiger partial charge in [0, 0.05) is 19.1 Å². The number of benzene rings is 2. The molecule has 1 fully saturated rings. The summed E-state index contributed by atoms with van der Waals surface area (Å²) < 4.78 is 54.8. The Labute approximate surface area is 347 Å². The predicted molar refractivity (Wildman–Crippen MR) is 228 cm³/mol. The Morgan fingerprint density at radius 2 is 1.67 bits per heavy atom. The first kappa shape index (κ1) is 47.0. The van der Waals surface area contributed by atoms with Crippen molar-refractivity contribution in [3.8, 4) is 11.5 Å². The maximum Gasteiger partial charge on any atom is 0.414 e. The Morgan fingerprint density at radius 1 is 0.983 bits per heavy atom. The number of rotatable bonds is 12. The zero-order chi connectivity index (χ0) is 43.1. The smallest absolute Gasteiger partial charge is 0.414 e. The SMILES string of the molecule is COCOc1cc(N(CCO[Si](C)(C)C(C)(C)C)C(=O)OC(C)(C)C)cc2c1C(=O)O[C@@H](C)[C@H](C)/C=C\[C@@H](OCc1ccc(OC)cc1)[C@H]1OC(C)(C)O[C@H]1CC=C2. The van der Waals surface area contributed by atoms with Crippen LogP contribution in [0.3, 0.4) is 0 Å². The van der Waals surface area contributed by atoms with Crippen molar-refractivity contribution >= 4 is 32.1 Å². The summed E-state index contributed by atoms with van der Waals surface area (Å²) in [6.45, 7) is 24.6. The van der Waals surface area contributed by atoms with Gasteiger partial charge in [0.05, 0.1) is 38.7 Å². The molecule has 1 amide bonds. The van der Waals surface area contributed by atoms with E-state index in [2.05, 4.69) is 33.9 Å². The fourth-order valence-electron chi connectivity index (χ4n) is 6.22. The van der Waals surface area contributed by atoms with Gasteiger partial charge in [0.2, 0.25) is 0 Å². The lowest BCUT2D eigenvalue weighted by molar-refractivity contribution is -0.156. The number of fused-ring (bicyclic) bond motifs is 2. The van der Waals surface area contributed by atoms with Crippen molar-refractivity contribution in [3.05, 3.63) is 71.3 Å². The van der Waals surface area contributed by atoms with Crippen LogP contribution in [0.25, 0.3) is 6.08 Å². The van der Waals surface area contributed by atoms with Crippen molar-refractivity contribution in [2.75, 3.05) is 39.1 Å². The number of cyclic esters (lactones) is 1. The molecule has 12 nitrogen and oxygen atoms in total. The highest BCUT2D eigenvalue weighted by atomic mass is 28.4. The molecule has 58 heavy (non-hydrogen) atoms. The molecule has 0 N–H and O–H groups in total. The molecular weight excluding hydrogens is 759 g/mol. The fourth-order valence-corrected chi connectivity index (χ4v) is 7.25. The number of hydrogen-bond acceptors (Lipinski definition) is 11. The van der Waals surface area contributed by atoms with Gasteiger partial charge in [-0.3, -0.25) is 4.90 Å². The lowest BCUT2D eigenvalue weighted by Gasteiger charge is -2.37. The molecule has 2 aliphatic rings. The van der Waals surface area contributed by atoms with Gasteiger partial charge >= 0.3 is 12.1 Å². The van der Waals surface area contributed by atoms with Crippen LogP contribution in [0.15, 0.2) is 54.6 Å². The summed E-state index contributed by atoms with van der Waals surface area (Å²) in [5, 5.41) is -0.0270. The standard InChI is InChI=1S/C45H67NO11Si/c1-30-18-23-36(51-28-32-19-21-35(50-12)22-20-32)40-37(55-45(9,10)56-40)17-15-16-33-26-34(27-38(52-29-49-11)39(33)41(47)54-31(30)2)46(42(48)57-43(3,4)5)24-25-53-58(13,14)44(6,7)8/h15-16,18-23,26-27,30-31,36-37,40H,17,24-25,28-29H2,1-14H3/b16-15?,23-18-/t30-,31+,36-,37+,40-/m1/s1. The molecule has 0 saturated carbocycles. The van der Waals surface area contributed by atoms with Gasteiger partial charge in [0.1, 0.15) is 41.0 Å². The Morgan fingerprint density at radius 3 is 2.29 bits per heavy atom. The Balaban J connectivity index is 1.79. The number of hydrogen-bond donors (Lipinski definition) is 0. The average Bonchev–Trinajstić information content (AvgIpc) is 3.44. The summed E-state index contributed by atoms with van der Waals surface area (Å²) in [4.78, 5) is 29.7. The third kappa shape index (κ3) is 12.9. The van der Waals surface area contributed by atoms with E-state index in [1.54, 1.807) is 19.2 Å². The number of esters is 1. The third-order valence-electron chi connectivity index (χ3n) is 10.6. The zero-order valence-electron chi connectivity index (χ0n) is 37.1. The number of amides is 1. The summed E-state index contributed by atoms with van der Waals surface area (Å²) >= 11 is 0. The number of carbonyl (C=O) groups is 2. The van der Waals surface area contributed by atoms with Crippen LogP contribution in [0.5, 0.6) is 11.5 Å². The number of methoxy groups -OCH3 is 2. The predicted octanol–water partition coefficient (Wildman–Crippen LogP) is 9.70. The van der Waals surface area contributed by atoms with E-state index < -0.39 is 56.2 Å². The first-order valence-corrected chi connectivity index (χ1v) is 23.0. The second-order valence-electron chi connectivity index (χ2n) is 18.0. The van der Waals surface area contributed by atoms with Gasteiger partial charge in [-0.1, -0.05) is 64.1 Å². The van der Waals surface area contributed by atoms with Crippen molar-refractivity contribution < 1.29 is 51.9 Å². The van der Waals surface area contributed by atoms with Gasteiger partial charge in [0.15, 0.2) is 20.9 Å². The molecule has 0 bridgehead atoms. The molecule has 322 valence electrons. The average molecular weight is 826 g/mol. The second kappa shape index (κ2) is 19.6. The quantitative estimate of drug-likeness (QED) is 0.0881. The van der Waals surface area contributed by atoms with Crippen molar-refractivity contribution in [1.82, 2.24) is 0 Å². The van der Waals surface area contributed by atoms with Crippen molar-refractivity contribution in [2.45, 2.75) is 136 Å². The zero-order valence-corrected chi connectivity index (χ0v) is 38.1. The van der Waals surface area contributed by atoms with Crippen LogP contribution in [-0.2, 0) is 39.5 Å². The number of ether oxygens (including phenoxy) is 8. The lowest BCUT2D eigenvalue weighted by Crippen LogP contribution is -2.44. The van der Waals surface area contributed by atoms with E-state index >= 15 is 0 Å². The van der Waals surface area contributed by atoms with E-state index in [0.29, 0.717) is 24.3 Å². The van der Waals surface area contributed by atoms with Crippen LogP contribution in [0.1, 0.15) is 97.1 Å². The Hall–Kier alpha value is -3.72. The molecule has 0 aromatic heterocycles. The second-order valence-corrected chi connectivity index (χ2v) is 22.8. The van der Waals surface area contributed by atoms with Gasteiger partial charge in [-0.15, -0.1) is 0 Å². The van der Waals surface area contributed by atoms with Crippen LogP contribution in [0.2, 0.25) is 18.1 Å². The normalized spacial score (nSPS) is 23.2. The third-order valence-corrected chi connectivity index (χ3v) is 15.2. The van der Waals surface area contributed by atoms with Crippen LogP contribution >= 0.6 is 0 Å². The van der Waals surface area contributed by atoms with Gasteiger partial charge in [-0.2, -0.15) is 0 Å². The highest BCUT2D eigenvalue weighted by molar-refractivity contribution is 6.74. The maximum absolute atomic E-state index is 14.2. The molecule has 0 unspecified atom stereocenters. The van der Waals surface area contributed by atoms with Gasteiger partial charge in [-0.25, -0.2) is 9.59 Å². The van der Waals surface area contributed by atoms with Crippen molar-refractivity contribution in [2.24, 2.45) is 5.92 Å². The Kier molecular flexibility index (Phi) is 15.8. The number of anilines is 1. The van der Waals surface area contributed by atoms with E-state index in [9.17, 15) is 9.59 Å². The molecule has 2 aliphatic heterocycles. The van der Waals surface area contributed by atoms with E-state index in [1.165, 1.54) is 12.0 Å². The molecule has 1 saturated heterocycles. The van der Waals surface area contributed by atoms with Crippen LogP contribution < -0.4 is 14.4 Å². The van der Waals surface area contributed by atoms with Gasteiger partial charge < -0.3 is 42.3 Å². The van der Waals surface area contributed by atoms with E-state index in [1.807, 2.05) is 97.0 Å². The fraction of sp³-hybridized carbons (Fsp3) is 0.600. The van der Waals surface area contributed by atoms with Crippen LogP contribution in [0, 0.1) is 5.92 Å². The summed E-state index contributed by atoms with van der Waals surface area (Å²) in [5.74, 6) is -0.717. The summed E-state index contributed by atoms with van der Waals surface area (Å²) in [6, 6.07) is 11.2. The minimum Gasteiger partial charge on any atom is -0.497 e. The van der Waals surface area contributed by atoms with E-state index in [4.69, 9.17) is 42.3 Å². The van der Waals surface area contributed by atoms with Crippen LogP contribution in [-0.4, -0.2) is 90.3 Å². The summed E-state index contributed by atoms with van der Waals surface area (Å²) in [5.41, 5.74) is 1.33. The lowest BCUT2D eigenvalue weighted by atomic mass is 9.98. The molecule has 2 aromatic rings. The molecule has 0 spiro atoms. The minimum absolute atomic E-state index is 0.0270.